The first-order valence-electron chi connectivity index (χ1n) is 10.9. The molecule has 0 spiro atoms. The maximum absolute atomic E-state index is 13.3. The summed E-state index contributed by atoms with van der Waals surface area (Å²) in [6.45, 7) is 6.86. The van der Waals surface area contributed by atoms with Crippen molar-refractivity contribution in [2.24, 2.45) is 17.3 Å². The molecule has 2 saturated carbocycles. The number of alkyl halides is 3. The van der Waals surface area contributed by atoms with Gasteiger partial charge in [-0.15, -0.1) is 0 Å². The number of anilines is 1. The summed E-state index contributed by atoms with van der Waals surface area (Å²) in [5, 5.41) is 4.76. The molecule has 166 valence electrons. The van der Waals surface area contributed by atoms with Crippen molar-refractivity contribution < 1.29 is 17.9 Å². The van der Waals surface area contributed by atoms with Crippen LogP contribution in [0.4, 0.5) is 19.0 Å². The average molecular weight is 433 g/mol. The van der Waals surface area contributed by atoms with Crippen LogP contribution in [0.3, 0.4) is 0 Å². The molecule has 0 bridgehead atoms. The van der Waals surface area contributed by atoms with Gasteiger partial charge in [-0.3, -0.25) is 9.58 Å². The molecule has 4 heterocycles. The van der Waals surface area contributed by atoms with E-state index in [-0.39, 0.29) is 5.41 Å². The third kappa shape index (κ3) is 3.33. The summed E-state index contributed by atoms with van der Waals surface area (Å²) in [5.41, 5.74) is 6.89. The number of likely N-dealkylation sites (tertiary alicyclic amines) is 1. The second-order valence-electron chi connectivity index (χ2n) is 10.1. The molecule has 2 N–H and O–H groups in total. The largest absolute Gasteiger partial charge is 0.419 e. The minimum Gasteiger partial charge on any atom is -0.383 e. The summed E-state index contributed by atoms with van der Waals surface area (Å²) in [7, 11) is 0. The van der Waals surface area contributed by atoms with E-state index < -0.39 is 17.6 Å². The number of pyridine rings is 1. The van der Waals surface area contributed by atoms with Gasteiger partial charge in [-0.25, -0.2) is 4.98 Å². The van der Waals surface area contributed by atoms with E-state index in [1.165, 1.54) is 6.20 Å². The Morgan fingerprint density at radius 1 is 1.19 bits per heavy atom. The molecule has 2 aliphatic heterocycles. The average Bonchev–Trinajstić information content (AvgIpc) is 3.41. The van der Waals surface area contributed by atoms with Crippen LogP contribution in [0.15, 0.2) is 18.3 Å². The first-order chi connectivity index (χ1) is 14.7. The van der Waals surface area contributed by atoms with E-state index in [2.05, 4.69) is 21.5 Å². The first-order valence-corrected chi connectivity index (χ1v) is 10.9. The van der Waals surface area contributed by atoms with Gasteiger partial charge in [0.15, 0.2) is 0 Å². The van der Waals surface area contributed by atoms with Crippen LogP contribution in [-0.4, -0.2) is 52.0 Å². The maximum atomic E-state index is 13.3. The minimum absolute atomic E-state index is 0.244. The number of aromatic nitrogens is 3. The van der Waals surface area contributed by atoms with Crippen LogP contribution in [0.25, 0.3) is 11.3 Å². The van der Waals surface area contributed by atoms with Gasteiger partial charge in [0.25, 0.3) is 0 Å². The third-order valence-electron chi connectivity index (χ3n) is 7.67. The Morgan fingerprint density at radius 2 is 1.90 bits per heavy atom. The molecule has 3 atom stereocenters. The SMILES string of the molecule is CC1(Cn2nc(-c3cnc(N)c(C(F)(F)F)c3)cc2[C@@H]2[C@@H]3CN(C4COC4)C[C@@H]32)CC1. The highest BCUT2D eigenvalue weighted by molar-refractivity contribution is 5.63. The molecule has 2 aliphatic carbocycles. The third-order valence-corrected chi connectivity index (χ3v) is 7.67. The number of halogens is 3. The van der Waals surface area contributed by atoms with Crippen molar-refractivity contribution >= 4 is 5.82 Å². The summed E-state index contributed by atoms with van der Waals surface area (Å²) in [6.07, 6.45) is -0.819. The number of ether oxygens (including phenoxy) is 1. The summed E-state index contributed by atoms with van der Waals surface area (Å²) < 4.78 is 47.4. The summed E-state index contributed by atoms with van der Waals surface area (Å²) in [4.78, 5) is 6.33. The molecule has 6 rings (SSSR count). The van der Waals surface area contributed by atoms with Crippen molar-refractivity contribution in [1.82, 2.24) is 19.7 Å². The number of nitrogens with two attached hydrogens (primary N) is 1. The van der Waals surface area contributed by atoms with Crippen LogP contribution in [-0.2, 0) is 17.5 Å². The van der Waals surface area contributed by atoms with Crippen molar-refractivity contribution in [1.29, 1.82) is 0 Å². The van der Waals surface area contributed by atoms with E-state index in [0.717, 1.165) is 57.4 Å². The van der Waals surface area contributed by atoms with Crippen LogP contribution in [0, 0.1) is 17.3 Å². The molecule has 2 aromatic heterocycles. The van der Waals surface area contributed by atoms with Crippen LogP contribution in [0.2, 0.25) is 0 Å². The predicted molar refractivity (Wildman–Crippen MR) is 108 cm³/mol. The quantitative estimate of drug-likeness (QED) is 0.783. The molecule has 31 heavy (non-hydrogen) atoms. The van der Waals surface area contributed by atoms with Gasteiger partial charge in [-0.2, -0.15) is 18.3 Å². The van der Waals surface area contributed by atoms with Gasteiger partial charge in [-0.1, -0.05) is 6.92 Å². The monoisotopic (exact) mass is 433 g/mol. The topological polar surface area (TPSA) is 69.2 Å². The van der Waals surface area contributed by atoms with Crippen molar-refractivity contribution in [3.63, 3.8) is 0 Å². The second-order valence-corrected chi connectivity index (χ2v) is 10.1. The molecule has 2 saturated heterocycles. The lowest BCUT2D eigenvalue weighted by Crippen LogP contribution is -2.48. The predicted octanol–water partition coefficient (Wildman–Crippen LogP) is 3.39. The lowest BCUT2D eigenvalue weighted by Gasteiger charge is -2.35. The van der Waals surface area contributed by atoms with Gasteiger partial charge in [0, 0.05) is 43.0 Å². The summed E-state index contributed by atoms with van der Waals surface area (Å²) >= 11 is 0. The second kappa shape index (κ2) is 6.45. The van der Waals surface area contributed by atoms with Crippen LogP contribution >= 0.6 is 0 Å². The fourth-order valence-electron chi connectivity index (χ4n) is 5.27. The van der Waals surface area contributed by atoms with Crippen molar-refractivity contribution in [3.8, 4) is 11.3 Å². The fourth-order valence-corrected chi connectivity index (χ4v) is 5.27. The van der Waals surface area contributed by atoms with Crippen LogP contribution < -0.4 is 5.73 Å². The van der Waals surface area contributed by atoms with Crippen molar-refractivity contribution in [3.05, 3.63) is 29.6 Å². The highest BCUT2D eigenvalue weighted by Crippen LogP contribution is 2.59. The molecule has 4 fully saturated rings. The smallest absolute Gasteiger partial charge is 0.383 e. The molecule has 0 amide bonds. The van der Waals surface area contributed by atoms with E-state index in [9.17, 15) is 13.2 Å². The van der Waals surface area contributed by atoms with Crippen LogP contribution in [0.1, 0.15) is 36.9 Å². The lowest BCUT2D eigenvalue weighted by atomic mass is 10.1. The zero-order valence-electron chi connectivity index (χ0n) is 17.4. The number of nitrogen functional groups attached to an aromatic ring is 1. The minimum atomic E-state index is -4.54. The molecule has 0 radical (unpaired) electrons. The van der Waals surface area contributed by atoms with Crippen molar-refractivity contribution in [2.45, 2.75) is 44.4 Å². The van der Waals surface area contributed by atoms with Gasteiger partial charge < -0.3 is 10.5 Å². The number of hydrogen-bond acceptors (Lipinski definition) is 5. The highest BCUT2D eigenvalue weighted by atomic mass is 19.4. The number of hydrogen-bond donors (Lipinski definition) is 1. The van der Waals surface area contributed by atoms with E-state index in [4.69, 9.17) is 15.6 Å². The molecular formula is C22H26F3N5O. The zero-order chi connectivity index (χ0) is 21.5. The molecule has 0 unspecified atom stereocenters. The molecular weight excluding hydrogens is 407 g/mol. The Balaban J connectivity index is 1.30. The van der Waals surface area contributed by atoms with Gasteiger partial charge >= 0.3 is 6.18 Å². The van der Waals surface area contributed by atoms with E-state index in [1.54, 1.807) is 0 Å². The van der Waals surface area contributed by atoms with E-state index in [0.29, 0.717) is 35.1 Å². The molecule has 4 aliphatic rings. The Bertz CT molecular complexity index is 1010. The van der Waals surface area contributed by atoms with Gasteiger partial charge in [0.1, 0.15) is 5.82 Å². The normalized spacial score (nSPS) is 29.6. The molecule has 6 nitrogen and oxygen atoms in total. The van der Waals surface area contributed by atoms with Gasteiger partial charge in [0.2, 0.25) is 0 Å². The zero-order valence-corrected chi connectivity index (χ0v) is 17.4. The Kier molecular flexibility index (Phi) is 4.06. The maximum Gasteiger partial charge on any atom is 0.419 e. The van der Waals surface area contributed by atoms with E-state index in [1.807, 2.05) is 6.07 Å². The highest BCUT2D eigenvalue weighted by Gasteiger charge is 2.59. The Morgan fingerprint density at radius 3 is 2.48 bits per heavy atom. The van der Waals surface area contributed by atoms with Crippen LogP contribution in [0.5, 0.6) is 0 Å². The van der Waals surface area contributed by atoms with Gasteiger partial charge in [-0.05, 0) is 42.2 Å². The fraction of sp³-hybridized carbons (Fsp3) is 0.636. The Hall–Kier alpha value is -2.13. The van der Waals surface area contributed by atoms with Gasteiger partial charge in [0.05, 0.1) is 30.5 Å². The Labute approximate surface area is 178 Å². The standard InChI is InChI=1S/C22H26F3N5O/c1-21(2-3-21)11-30-18(19-14-7-29(8-15(14)19)13-9-31-10-13)5-17(28-30)12-4-16(22(23,24)25)20(26)27-6-12/h4-6,13-15,19H,2-3,7-11H2,1H3,(H2,26,27)/t14-,15+,19-. The number of rotatable bonds is 5. The summed E-state index contributed by atoms with van der Waals surface area (Å²) in [5.74, 6) is 1.14. The molecule has 0 aromatic carbocycles. The molecule has 2 aromatic rings. The number of nitrogens with zero attached hydrogens (tertiary/aromatic N) is 4. The first kappa shape index (κ1) is 19.5. The summed E-state index contributed by atoms with van der Waals surface area (Å²) in [6, 6.07) is 3.61. The number of piperidine rings is 1. The molecule has 9 heteroatoms. The lowest BCUT2D eigenvalue weighted by molar-refractivity contribution is -0.137. The van der Waals surface area contributed by atoms with Crippen molar-refractivity contribution in [2.75, 3.05) is 32.0 Å². The number of fused-ring (bicyclic) bond motifs is 1. The van der Waals surface area contributed by atoms with E-state index >= 15 is 0 Å².